The van der Waals surface area contributed by atoms with Crippen LogP contribution in [0, 0.1) is 0 Å². The number of hydrogen-bond acceptors (Lipinski definition) is 5. The fourth-order valence-electron chi connectivity index (χ4n) is 4.61. The van der Waals surface area contributed by atoms with Crippen LogP contribution in [0.15, 0.2) is 36.4 Å². The number of benzene rings is 2. The summed E-state index contributed by atoms with van der Waals surface area (Å²) in [4.78, 5) is 15.0. The van der Waals surface area contributed by atoms with Gasteiger partial charge in [0.2, 0.25) is 0 Å². The molecule has 0 aliphatic carbocycles. The molecule has 0 radical (unpaired) electrons. The van der Waals surface area contributed by atoms with Gasteiger partial charge in [-0.25, -0.2) is 0 Å². The number of rotatable bonds is 10. The van der Waals surface area contributed by atoms with Gasteiger partial charge in [-0.2, -0.15) is 13.2 Å². The zero-order chi connectivity index (χ0) is 24.8. The van der Waals surface area contributed by atoms with E-state index >= 15 is 0 Å². The van der Waals surface area contributed by atoms with E-state index in [0.717, 1.165) is 62.1 Å². The van der Waals surface area contributed by atoms with E-state index in [2.05, 4.69) is 23.6 Å². The molecule has 0 saturated carbocycles. The lowest BCUT2D eigenvalue weighted by Crippen LogP contribution is -2.32. The topological polar surface area (TPSA) is 62.8 Å². The van der Waals surface area contributed by atoms with Crippen molar-refractivity contribution in [2.75, 3.05) is 44.7 Å². The third-order valence-corrected chi connectivity index (χ3v) is 6.23. The molecule has 2 aliphatic heterocycles. The Morgan fingerprint density at radius 1 is 1.14 bits per heavy atom. The smallest absolute Gasteiger partial charge is 0.422 e. The predicted octanol–water partition coefficient (Wildman–Crippen LogP) is 4.43. The molecule has 1 amide bonds. The second-order valence-corrected chi connectivity index (χ2v) is 9.11. The van der Waals surface area contributed by atoms with Crippen LogP contribution in [0.1, 0.15) is 41.3 Å². The van der Waals surface area contributed by atoms with Crippen molar-refractivity contribution in [3.05, 3.63) is 53.1 Å². The van der Waals surface area contributed by atoms with Gasteiger partial charge in [-0.05, 0) is 61.9 Å². The molecule has 4 rings (SSSR count). The molecule has 1 fully saturated rings. The fraction of sp³-hybridized carbons (Fsp3) is 0.500. The summed E-state index contributed by atoms with van der Waals surface area (Å²) in [5.41, 5.74) is 4.05. The number of nitrogens with zero attached hydrogens (tertiary/aromatic N) is 1. The van der Waals surface area contributed by atoms with Crippen molar-refractivity contribution < 1.29 is 27.4 Å². The first-order chi connectivity index (χ1) is 16.8. The highest BCUT2D eigenvalue weighted by molar-refractivity contribution is 6.01. The molecule has 0 bridgehead atoms. The van der Waals surface area contributed by atoms with Gasteiger partial charge in [0.25, 0.3) is 5.91 Å². The van der Waals surface area contributed by atoms with Crippen molar-refractivity contribution in [3.63, 3.8) is 0 Å². The van der Waals surface area contributed by atoms with Gasteiger partial charge in [0.15, 0.2) is 18.1 Å². The van der Waals surface area contributed by atoms with Gasteiger partial charge in [-0.3, -0.25) is 4.79 Å². The Labute approximate surface area is 203 Å². The van der Waals surface area contributed by atoms with Gasteiger partial charge in [0.1, 0.15) is 6.61 Å². The molecular weight excluding hydrogens is 459 g/mol. The van der Waals surface area contributed by atoms with Gasteiger partial charge >= 0.3 is 6.18 Å². The van der Waals surface area contributed by atoms with Crippen LogP contribution in [0.5, 0.6) is 11.5 Å². The van der Waals surface area contributed by atoms with E-state index in [0.29, 0.717) is 6.54 Å². The fourth-order valence-corrected chi connectivity index (χ4v) is 4.61. The Bertz CT molecular complexity index is 1020. The van der Waals surface area contributed by atoms with Crippen LogP contribution in [-0.4, -0.2) is 62.4 Å². The van der Waals surface area contributed by atoms with E-state index in [1.807, 2.05) is 11.0 Å². The summed E-state index contributed by atoms with van der Waals surface area (Å²) in [5, 5.41) is 6.77. The number of nitrogens with one attached hydrogen (secondary N) is 2. The van der Waals surface area contributed by atoms with Crippen LogP contribution in [0.3, 0.4) is 0 Å². The molecule has 1 atom stereocenters. The Balaban J connectivity index is 1.30. The molecule has 190 valence electrons. The molecule has 2 aliphatic rings. The van der Waals surface area contributed by atoms with Crippen molar-refractivity contribution in [2.24, 2.45) is 0 Å². The highest BCUT2D eigenvalue weighted by Gasteiger charge is 2.29. The highest BCUT2D eigenvalue weighted by Crippen LogP contribution is 2.31. The minimum Gasteiger partial charge on any atom is -0.488 e. The number of amides is 1. The second-order valence-electron chi connectivity index (χ2n) is 9.11. The molecule has 1 saturated heterocycles. The van der Waals surface area contributed by atoms with E-state index in [9.17, 15) is 18.0 Å². The van der Waals surface area contributed by atoms with Gasteiger partial charge in [0.05, 0.1) is 11.3 Å². The van der Waals surface area contributed by atoms with Crippen molar-refractivity contribution in [1.82, 2.24) is 10.2 Å². The largest absolute Gasteiger partial charge is 0.488 e. The lowest BCUT2D eigenvalue weighted by molar-refractivity contribution is -0.153. The maximum absolute atomic E-state index is 13.1. The number of halogens is 3. The van der Waals surface area contributed by atoms with E-state index < -0.39 is 12.8 Å². The quantitative estimate of drug-likeness (QED) is 0.482. The molecule has 2 N–H and O–H groups in total. The number of carbonyl (C=O) groups excluding carboxylic acids is 1. The highest BCUT2D eigenvalue weighted by atomic mass is 19.4. The number of fused-ring (bicyclic) bond motifs is 1. The Morgan fingerprint density at radius 2 is 1.86 bits per heavy atom. The minimum absolute atomic E-state index is 0.0693. The van der Waals surface area contributed by atoms with Crippen LogP contribution in [-0.2, 0) is 12.8 Å². The van der Waals surface area contributed by atoms with Crippen LogP contribution >= 0.6 is 0 Å². The van der Waals surface area contributed by atoms with Crippen molar-refractivity contribution in [3.8, 4) is 11.5 Å². The Hall–Kier alpha value is -2.94. The number of anilines is 1. The van der Waals surface area contributed by atoms with E-state index in [-0.39, 0.29) is 30.1 Å². The summed E-state index contributed by atoms with van der Waals surface area (Å²) in [7, 11) is 0. The Morgan fingerprint density at radius 3 is 2.57 bits per heavy atom. The summed E-state index contributed by atoms with van der Waals surface area (Å²) >= 11 is 0. The Kier molecular flexibility index (Phi) is 8.05. The van der Waals surface area contributed by atoms with Gasteiger partial charge in [-0.15, -0.1) is 0 Å². The number of likely N-dealkylation sites (tertiary alicyclic amines) is 1. The first-order valence-electron chi connectivity index (χ1n) is 12.1. The molecule has 2 aromatic carbocycles. The number of hydrogen-bond donors (Lipinski definition) is 2. The number of para-hydroxylation sites is 2. The molecule has 2 aromatic rings. The SMILES string of the molecule is C[C@H](Cc1cc2c(c(C(=O)N3CCCC3)c1)NCC2)NCCOc1ccccc1OCC(F)(F)F. The lowest BCUT2D eigenvalue weighted by atomic mass is 9.98. The summed E-state index contributed by atoms with van der Waals surface area (Å²) in [6.45, 7) is 3.98. The first kappa shape index (κ1) is 25.2. The van der Waals surface area contributed by atoms with Crippen LogP contribution in [0.25, 0.3) is 0 Å². The van der Waals surface area contributed by atoms with E-state index in [1.54, 1.807) is 18.2 Å². The first-order valence-corrected chi connectivity index (χ1v) is 12.1. The third kappa shape index (κ3) is 6.81. The molecule has 9 heteroatoms. The number of ether oxygens (including phenoxy) is 2. The lowest BCUT2D eigenvalue weighted by Gasteiger charge is -2.20. The van der Waals surface area contributed by atoms with E-state index in [4.69, 9.17) is 9.47 Å². The average Bonchev–Trinajstić information content (AvgIpc) is 3.52. The minimum atomic E-state index is -4.41. The number of alkyl halides is 3. The molecular formula is C26H32F3N3O3. The normalized spacial score (nSPS) is 16.1. The molecule has 0 spiro atoms. The summed E-state index contributed by atoms with van der Waals surface area (Å²) in [5.74, 6) is 0.456. The molecule has 0 aromatic heterocycles. The third-order valence-electron chi connectivity index (χ3n) is 6.23. The van der Waals surface area contributed by atoms with Crippen molar-refractivity contribution in [1.29, 1.82) is 0 Å². The predicted molar refractivity (Wildman–Crippen MR) is 128 cm³/mol. The monoisotopic (exact) mass is 491 g/mol. The molecule has 6 nitrogen and oxygen atoms in total. The van der Waals surface area contributed by atoms with Gasteiger partial charge < -0.3 is 25.0 Å². The maximum Gasteiger partial charge on any atom is 0.422 e. The average molecular weight is 492 g/mol. The second kappa shape index (κ2) is 11.2. The summed E-state index contributed by atoms with van der Waals surface area (Å²) in [6.07, 6.45) is -0.629. The molecule has 0 unspecified atom stereocenters. The zero-order valence-corrected chi connectivity index (χ0v) is 19.9. The van der Waals surface area contributed by atoms with E-state index in [1.165, 1.54) is 11.6 Å². The maximum atomic E-state index is 13.1. The number of carbonyl (C=O) groups is 1. The zero-order valence-electron chi connectivity index (χ0n) is 19.9. The van der Waals surface area contributed by atoms with Crippen LogP contribution in [0.4, 0.5) is 18.9 Å². The molecule has 2 heterocycles. The van der Waals surface area contributed by atoms with Crippen LogP contribution < -0.4 is 20.1 Å². The van der Waals surface area contributed by atoms with Crippen molar-refractivity contribution >= 4 is 11.6 Å². The van der Waals surface area contributed by atoms with Crippen molar-refractivity contribution in [2.45, 2.75) is 44.8 Å². The molecule has 35 heavy (non-hydrogen) atoms. The standard InChI is InChI=1S/C26H32F3N3O3/c1-18(30-10-13-34-22-6-2-3-7-23(22)35-17-26(27,28)29)14-19-15-20-8-9-31-24(20)21(16-19)25(33)32-11-4-5-12-32/h2-3,6-7,15-16,18,30-31H,4-5,8-14,17H2,1H3/t18-/m1/s1. The van der Waals surface area contributed by atoms with Gasteiger partial charge in [0, 0.05) is 32.2 Å². The summed E-state index contributed by atoms with van der Waals surface area (Å²) in [6, 6.07) is 10.7. The van der Waals surface area contributed by atoms with Gasteiger partial charge in [-0.1, -0.05) is 18.2 Å². The summed E-state index contributed by atoms with van der Waals surface area (Å²) < 4.78 is 47.9. The van der Waals surface area contributed by atoms with Crippen LogP contribution in [0.2, 0.25) is 0 Å².